The van der Waals surface area contributed by atoms with Crippen LogP contribution in [0.5, 0.6) is 23.0 Å². The van der Waals surface area contributed by atoms with Gasteiger partial charge in [0.2, 0.25) is 5.75 Å². The first-order valence-electron chi connectivity index (χ1n) is 10.8. The second-order valence-corrected chi connectivity index (χ2v) is 7.67. The van der Waals surface area contributed by atoms with Crippen LogP contribution in [0, 0.1) is 6.92 Å². The van der Waals surface area contributed by atoms with Gasteiger partial charge in [0.05, 0.1) is 38.6 Å². The standard InChI is InChI=1S/C26H26N4O5/c1-16-5-10-20-21(11-16)29-24(28-20)15-35-19-8-6-18(7-9-19)26(31)30-27-14-17-12-22(32-2)25(34-4)23(13-17)33-3/h5-14H,15H2,1-4H3,(H,28,29)(H,30,31)/b27-14+. The van der Waals surface area contributed by atoms with Crippen LogP contribution in [0.1, 0.15) is 27.3 Å². The summed E-state index contributed by atoms with van der Waals surface area (Å²) in [4.78, 5) is 20.2. The maximum absolute atomic E-state index is 12.4. The number of carbonyl (C=O) groups is 1. The molecule has 35 heavy (non-hydrogen) atoms. The van der Waals surface area contributed by atoms with Crippen molar-refractivity contribution in [1.82, 2.24) is 15.4 Å². The third-order valence-corrected chi connectivity index (χ3v) is 5.25. The predicted octanol–water partition coefficient (Wildman–Crippen LogP) is 4.24. The molecule has 1 amide bonds. The number of aromatic amines is 1. The lowest BCUT2D eigenvalue weighted by atomic mass is 10.2. The van der Waals surface area contributed by atoms with E-state index in [1.165, 1.54) is 27.5 Å². The van der Waals surface area contributed by atoms with Crippen molar-refractivity contribution in [1.29, 1.82) is 0 Å². The highest BCUT2D eigenvalue weighted by Crippen LogP contribution is 2.37. The molecule has 180 valence electrons. The SMILES string of the molecule is COc1cc(/C=N/NC(=O)c2ccc(OCc3nc4ccc(C)cc4[nH]3)cc2)cc(OC)c1OC. The zero-order chi connectivity index (χ0) is 24.8. The maximum atomic E-state index is 12.4. The zero-order valence-corrected chi connectivity index (χ0v) is 19.9. The molecule has 0 saturated carbocycles. The highest BCUT2D eigenvalue weighted by Gasteiger charge is 2.12. The van der Waals surface area contributed by atoms with E-state index < -0.39 is 0 Å². The van der Waals surface area contributed by atoms with Crippen molar-refractivity contribution < 1.29 is 23.7 Å². The maximum Gasteiger partial charge on any atom is 0.271 e. The molecular formula is C26H26N4O5. The molecule has 0 radical (unpaired) electrons. The van der Waals surface area contributed by atoms with Crippen LogP contribution in [-0.2, 0) is 6.61 Å². The monoisotopic (exact) mass is 474 g/mol. The fourth-order valence-electron chi connectivity index (χ4n) is 3.50. The predicted molar refractivity (Wildman–Crippen MR) is 133 cm³/mol. The number of amides is 1. The van der Waals surface area contributed by atoms with Crippen LogP contribution in [-0.4, -0.2) is 43.4 Å². The molecule has 0 unspecified atom stereocenters. The van der Waals surface area contributed by atoms with E-state index in [0.29, 0.717) is 40.7 Å². The van der Waals surface area contributed by atoms with Crippen LogP contribution in [0.15, 0.2) is 59.7 Å². The number of hydrogen-bond donors (Lipinski definition) is 2. The van der Waals surface area contributed by atoms with Crippen molar-refractivity contribution in [2.24, 2.45) is 5.10 Å². The van der Waals surface area contributed by atoms with Crippen molar-refractivity contribution in [2.75, 3.05) is 21.3 Å². The summed E-state index contributed by atoms with van der Waals surface area (Å²) in [5.41, 5.74) is 6.66. The number of nitrogens with zero attached hydrogens (tertiary/aromatic N) is 2. The number of nitrogens with one attached hydrogen (secondary N) is 2. The Labute approximate surface area is 202 Å². The third-order valence-electron chi connectivity index (χ3n) is 5.25. The summed E-state index contributed by atoms with van der Waals surface area (Å²) in [5, 5.41) is 4.03. The van der Waals surface area contributed by atoms with Crippen molar-refractivity contribution in [3.63, 3.8) is 0 Å². The molecule has 0 atom stereocenters. The number of benzene rings is 3. The fraction of sp³-hybridized carbons (Fsp3) is 0.192. The van der Waals surface area contributed by atoms with E-state index >= 15 is 0 Å². The number of methoxy groups -OCH3 is 3. The van der Waals surface area contributed by atoms with Gasteiger partial charge in [0.1, 0.15) is 18.2 Å². The molecule has 9 nitrogen and oxygen atoms in total. The van der Waals surface area contributed by atoms with E-state index in [2.05, 4.69) is 20.5 Å². The number of H-pyrrole nitrogens is 1. The Kier molecular flexibility index (Phi) is 7.15. The molecule has 0 fully saturated rings. The van der Waals surface area contributed by atoms with Gasteiger partial charge in [0.15, 0.2) is 11.5 Å². The number of rotatable bonds is 9. The largest absolute Gasteiger partial charge is 0.493 e. The summed E-state index contributed by atoms with van der Waals surface area (Å²) in [6.07, 6.45) is 1.49. The summed E-state index contributed by atoms with van der Waals surface area (Å²) in [6, 6.07) is 16.3. The molecule has 4 rings (SSSR count). The molecule has 0 bridgehead atoms. The van der Waals surface area contributed by atoms with E-state index in [4.69, 9.17) is 18.9 Å². The first-order valence-corrected chi connectivity index (χ1v) is 10.8. The second kappa shape index (κ2) is 10.6. The summed E-state index contributed by atoms with van der Waals surface area (Å²) in [6.45, 7) is 2.32. The average molecular weight is 475 g/mol. The summed E-state index contributed by atoms with van der Waals surface area (Å²) < 4.78 is 21.8. The van der Waals surface area contributed by atoms with Crippen LogP contribution < -0.4 is 24.4 Å². The number of hydrogen-bond acceptors (Lipinski definition) is 7. The lowest BCUT2D eigenvalue weighted by molar-refractivity contribution is 0.0955. The van der Waals surface area contributed by atoms with Gasteiger partial charge in [-0.3, -0.25) is 4.79 Å². The van der Waals surface area contributed by atoms with Crippen LogP contribution in [0.2, 0.25) is 0 Å². The van der Waals surface area contributed by atoms with Gasteiger partial charge >= 0.3 is 0 Å². The van der Waals surface area contributed by atoms with Crippen LogP contribution >= 0.6 is 0 Å². The smallest absolute Gasteiger partial charge is 0.271 e. The molecule has 1 heterocycles. The van der Waals surface area contributed by atoms with Gasteiger partial charge in [0.25, 0.3) is 5.91 Å². The number of carbonyl (C=O) groups excluding carboxylic acids is 1. The molecule has 0 aliphatic heterocycles. The molecule has 0 saturated heterocycles. The Bertz CT molecular complexity index is 1340. The highest BCUT2D eigenvalue weighted by atomic mass is 16.5. The van der Waals surface area contributed by atoms with Crippen molar-refractivity contribution in [2.45, 2.75) is 13.5 Å². The van der Waals surface area contributed by atoms with Gasteiger partial charge in [-0.1, -0.05) is 6.07 Å². The van der Waals surface area contributed by atoms with Gasteiger partial charge in [-0.15, -0.1) is 0 Å². The van der Waals surface area contributed by atoms with Gasteiger partial charge in [-0.05, 0) is 61.0 Å². The highest BCUT2D eigenvalue weighted by molar-refractivity contribution is 5.95. The molecule has 2 N–H and O–H groups in total. The Morgan fingerprint density at radius 2 is 1.71 bits per heavy atom. The summed E-state index contributed by atoms with van der Waals surface area (Å²) >= 11 is 0. The molecule has 1 aromatic heterocycles. The molecule has 4 aromatic rings. The van der Waals surface area contributed by atoms with E-state index in [1.807, 2.05) is 25.1 Å². The van der Waals surface area contributed by atoms with Crippen molar-refractivity contribution in [3.8, 4) is 23.0 Å². The van der Waals surface area contributed by atoms with Gasteiger partial charge in [-0.2, -0.15) is 5.10 Å². The van der Waals surface area contributed by atoms with Gasteiger partial charge in [-0.25, -0.2) is 10.4 Å². The van der Waals surface area contributed by atoms with Crippen LogP contribution in [0.3, 0.4) is 0 Å². The molecule has 9 heteroatoms. The Hall–Kier alpha value is -4.53. The van der Waals surface area contributed by atoms with Crippen LogP contribution in [0.4, 0.5) is 0 Å². The Morgan fingerprint density at radius 3 is 2.37 bits per heavy atom. The first-order chi connectivity index (χ1) is 17.0. The van der Waals surface area contributed by atoms with E-state index in [9.17, 15) is 4.79 Å². The number of imidazole rings is 1. The minimum Gasteiger partial charge on any atom is -0.493 e. The normalized spacial score (nSPS) is 11.0. The fourth-order valence-corrected chi connectivity index (χ4v) is 3.50. The van der Waals surface area contributed by atoms with E-state index in [0.717, 1.165) is 22.4 Å². The van der Waals surface area contributed by atoms with Crippen molar-refractivity contribution >= 4 is 23.2 Å². The molecular weight excluding hydrogens is 448 g/mol. The van der Waals surface area contributed by atoms with E-state index in [1.54, 1.807) is 36.4 Å². The van der Waals surface area contributed by atoms with Gasteiger partial charge in [0, 0.05) is 11.1 Å². The number of ether oxygens (including phenoxy) is 4. The molecule has 0 spiro atoms. The number of aryl methyl sites for hydroxylation is 1. The van der Waals surface area contributed by atoms with E-state index in [-0.39, 0.29) is 5.91 Å². The second-order valence-electron chi connectivity index (χ2n) is 7.67. The first kappa shape index (κ1) is 23.6. The summed E-state index contributed by atoms with van der Waals surface area (Å²) in [7, 11) is 4.60. The lowest BCUT2D eigenvalue weighted by Gasteiger charge is -2.12. The molecule has 3 aromatic carbocycles. The number of fused-ring (bicyclic) bond motifs is 1. The van der Waals surface area contributed by atoms with Gasteiger partial charge < -0.3 is 23.9 Å². The Balaban J connectivity index is 1.35. The number of hydrazone groups is 1. The summed E-state index contributed by atoms with van der Waals surface area (Å²) in [5.74, 6) is 2.47. The molecule has 0 aliphatic rings. The number of aromatic nitrogens is 2. The lowest BCUT2D eigenvalue weighted by Crippen LogP contribution is -2.17. The average Bonchev–Trinajstić information content (AvgIpc) is 3.29. The van der Waals surface area contributed by atoms with Crippen molar-refractivity contribution in [3.05, 3.63) is 77.1 Å². The quantitative estimate of drug-likeness (QED) is 0.278. The Morgan fingerprint density at radius 1 is 1.00 bits per heavy atom. The topological polar surface area (TPSA) is 107 Å². The minimum absolute atomic E-state index is 0.290. The zero-order valence-electron chi connectivity index (χ0n) is 19.9. The molecule has 0 aliphatic carbocycles. The van der Waals surface area contributed by atoms with Crippen LogP contribution in [0.25, 0.3) is 11.0 Å². The third kappa shape index (κ3) is 5.52. The minimum atomic E-state index is -0.354.